The summed E-state index contributed by atoms with van der Waals surface area (Å²) in [7, 11) is 0. The number of benzene rings is 1. The number of hydrogen-bond donors (Lipinski definition) is 1. The van der Waals surface area contributed by atoms with Crippen molar-refractivity contribution < 1.29 is 41.9 Å². The Morgan fingerprint density at radius 1 is 1.24 bits per heavy atom. The van der Waals surface area contributed by atoms with Gasteiger partial charge in [0.05, 0.1) is 18.8 Å². The van der Waals surface area contributed by atoms with Crippen LogP contribution in [0.15, 0.2) is 36.7 Å². The van der Waals surface area contributed by atoms with Crippen molar-refractivity contribution in [1.29, 1.82) is 0 Å². The summed E-state index contributed by atoms with van der Waals surface area (Å²) >= 11 is 0. The Bertz CT molecular complexity index is 1050. The molecule has 1 fully saturated rings. The van der Waals surface area contributed by atoms with E-state index < -0.39 is 30.7 Å². The Labute approximate surface area is 191 Å². The number of cyclic esters (lactones) is 1. The lowest BCUT2D eigenvalue weighted by molar-refractivity contribution is -0.228. The summed E-state index contributed by atoms with van der Waals surface area (Å²) in [6.07, 6.45) is -4.72. The van der Waals surface area contributed by atoms with Crippen LogP contribution in [0.25, 0.3) is 0 Å². The molecule has 2 heterocycles. The molecular weight excluding hydrogens is 463 g/mol. The van der Waals surface area contributed by atoms with Gasteiger partial charge in [-0.15, -0.1) is 0 Å². The summed E-state index contributed by atoms with van der Waals surface area (Å²) < 4.78 is 48.5. The quantitative estimate of drug-likeness (QED) is 0.553. The summed E-state index contributed by atoms with van der Waals surface area (Å²) in [6.45, 7) is -0.240. The zero-order chi connectivity index (χ0) is 24.7. The molecule has 14 heteroatoms. The number of hydroxylamine groups is 2. The molecular formula is C20H20F3N5O6. The Morgan fingerprint density at radius 3 is 2.71 bits per heavy atom. The van der Waals surface area contributed by atoms with E-state index in [1.165, 1.54) is 35.5 Å². The van der Waals surface area contributed by atoms with Gasteiger partial charge < -0.3 is 24.9 Å². The molecule has 2 amide bonds. The summed E-state index contributed by atoms with van der Waals surface area (Å²) in [5.41, 5.74) is 6.50. The second kappa shape index (κ2) is 10.8. The largest absolute Gasteiger partial charge is 0.493 e. The van der Waals surface area contributed by atoms with E-state index in [0.29, 0.717) is 11.3 Å². The topological polar surface area (TPSA) is 137 Å². The molecule has 0 spiro atoms. The van der Waals surface area contributed by atoms with Crippen LogP contribution in [-0.2, 0) is 27.5 Å². The zero-order valence-corrected chi connectivity index (χ0v) is 17.7. The maximum atomic E-state index is 12.9. The van der Waals surface area contributed by atoms with Crippen LogP contribution in [0.5, 0.6) is 5.88 Å². The predicted octanol–water partition coefficient (Wildman–Crippen LogP) is 1.43. The van der Waals surface area contributed by atoms with Gasteiger partial charge in [0.1, 0.15) is 19.5 Å². The maximum Gasteiger partial charge on any atom is 0.493 e. The molecule has 2 N–H and O–H groups in total. The number of nitrogens with zero attached hydrogens (tertiary/aromatic N) is 4. The molecule has 182 valence electrons. The molecule has 34 heavy (non-hydrogen) atoms. The van der Waals surface area contributed by atoms with Crippen LogP contribution in [-0.4, -0.2) is 70.3 Å². The standard InChI is InChI=1S/C20H20F3N5O6/c21-20(22,23)18(30)34-28(5-4-27-6-7-32-19(27)31)17(29)14-3-1-2-13(8-14)11-33-16-9-15(10-24)25-12-26-16/h1-3,8-9,12H,4-7,10-11,24H2. The highest BCUT2D eigenvalue weighted by Crippen LogP contribution is 2.19. The van der Waals surface area contributed by atoms with Gasteiger partial charge in [0.2, 0.25) is 5.88 Å². The van der Waals surface area contributed by atoms with Gasteiger partial charge in [0.25, 0.3) is 5.91 Å². The van der Waals surface area contributed by atoms with Crippen LogP contribution in [0.4, 0.5) is 18.0 Å². The molecule has 2 aromatic rings. The molecule has 3 rings (SSSR count). The van der Waals surface area contributed by atoms with Crippen LogP contribution in [0.2, 0.25) is 0 Å². The van der Waals surface area contributed by atoms with Gasteiger partial charge in [-0.2, -0.15) is 18.2 Å². The number of aromatic nitrogens is 2. The first-order chi connectivity index (χ1) is 16.2. The summed E-state index contributed by atoms with van der Waals surface area (Å²) in [4.78, 5) is 49.2. The molecule has 1 aromatic carbocycles. The summed E-state index contributed by atoms with van der Waals surface area (Å²) in [6, 6.07) is 7.34. The minimum Gasteiger partial charge on any atom is -0.473 e. The highest BCUT2D eigenvalue weighted by atomic mass is 19.4. The minimum atomic E-state index is -5.32. The first kappa shape index (κ1) is 24.7. The number of nitrogens with two attached hydrogens (primary N) is 1. The Hall–Kier alpha value is -3.94. The Kier molecular flexibility index (Phi) is 7.83. The molecule has 0 radical (unpaired) electrons. The highest BCUT2D eigenvalue weighted by Gasteiger charge is 2.43. The van der Waals surface area contributed by atoms with E-state index in [0.717, 1.165) is 0 Å². The first-order valence-corrected chi connectivity index (χ1v) is 9.93. The third kappa shape index (κ3) is 6.54. The maximum absolute atomic E-state index is 12.9. The van der Waals surface area contributed by atoms with E-state index >= 15 is 0 Å². The van der Waals surface area contributed by atoms with Crippen molar-refractivity contribution in [2.45, 2.75) is 19.3 Å². The second-order valence-electron chi connectivity index (χ2n) is 6.93. The lowest BCUT2D eigenvalue weighted by Gasteiger charge is -2.24. The summed E-state index contributed by atoms with van der Waals surface area (Å²) in [5, 5.41) is 0.263. The van der Waals surface area contributed by atoms with E-state index in [9.17, 15) is 27.6 Å². The SMILES string of the molecule is NCc1cc(OCc2cccc(C(=O)N(CCN3CCOC3=O)OC(=O)C(F)(F)F)c2)ncn1. The van der Waals surface area contributed by atoms with Crippen molar-refractivity contribution in [3.8, 4) is 5.88 Å². The van der Waals surface area contributed by atoms with Crippen LogP contribution >= 0.6 is 0 Å². The first-order valence-electron chi connectivity index (χ1n) is 9.93. The molecule has 0 unspecified atom stereocenters. The van der Waals surface area contributed by atoms with Gasteiger partial charge in [-0.1, -0.05) is 12.1 Å². The van der Waals surface area contributed by atoms with Gasteiger partial charge in [-0.3, -0.25) is 4.79 Å². The minimum absolute atomic E-state index is 0.0237. The van der Waals surface area contributed by atoms with E-state index in [1.807, 2.05) is 0 Å². The lowest BCUT2D eigenvalue weighted by Crippen LogP contribution is -2.43. The normalized spacial score (nSPS) is 13.4. The van der Waals surface area contributed by atoms with Crippen molar-refractivity contribution in [2.75, 3.05) is 26.2 Å². The summed E-state index contributed by atoms with van der Waals surface area (Å²) in [5.74, 6) is -3.34. The van der Waals surface area contributed by atoms with Gasteiger partial charge in [-0.05, 0) is 17.7 Å². The van der Waals surface area contributed by atoms with Gasteiger partial charge in [0, 0.05) is 24.7 Å². The zero-order valence-electron chi connectivity index (χ0n) is 17.7. The molecule has 11 nitrogen and oxygen atoms in total. The molecule has 0 aliphatic carbocycles. The highest BCUT2D eigenvalue weighted by molar-refractivity contribution is 5.94. The fourth-order valence-corrected chi connectivity index (χ4v) is 2.84. The van der Waals surface area contributed by atoms with Crippen molar-refractivity contribution in [2.24, 2.45) is 5.73 Å². The van der Waals surface area contributed by atoms with Crippen LogP contribution < -0.4 is 10.5 Å². The predicted molar refractivity (Wildman–Crippen MR) is 107 cm³/mol. The fourth-order valence-electron chi connectivity index (χ4n) is 2.84. The number of rotatable bonds is 8. The number of hydrogen-bond acceptors (Lipinski definition) is 9. The van der Waals surface area contributed by atoms with Gasteiger partial charge in [0.15, 0.2) is 0 Å². The molecule has 0 atom stereocenters. The third-order valence-electron chi connectivity index (χ3n) is 4.54. The van der Waals surface area contributed by atoms with E-state index in [4.69, 9.17) is 15.2 Å². The van der Waals surface area contributed by atoms with Crippen molar-refractivity contribution in [3.05, 3.63) is 53.5 Å². The molecule has 1 aromatic heterocycles. The number of alkyl halides is 3. The van der Waals surface area contributed by atoms with E-state index in [1.54, 1.807) is 6.07 Å². The molecule has 0 saturated carbocycles. The Morgan fingerprint density at radius 2 is 2.03 bits per heavy atom. The number of amides is 2. The van der Waals surface area contributed by atoms with E-state index in [2.05, 4.69) is 14.8 Å². The molecule has 1 aliphatic rings. The van der Waals surface area contributed by atoms with Crippen molar-refractivity contribution in [3.63, 3.8) is 0 Å². The fraction of sp³-hybridized carbons (Fsp3) is 0.350. The average molecular weight is 483 g/mol. The van der Waals surface area contributed by atoms with Crippen LogP contribution in [0.3, 0.4) is 0 Å². The Balaban J connectivity index is 1.72. The van der Waals surface area contributed by atoms with Gasteiger partial charge in [-0.25, -0.2) is 19.6 Å². The molecule has 1 aliphatic heterocycles. The number of carbonyl (C=O) groups is 3. The van der Waals surface area contributed by atoms with Crippen LogP contribution in [0, 0.1) is 0 Å². The molecule has 0 bridgehead atoms. The second-order valence-corrected chi connectivity index (χ2v) is 6.93. The average Bonchev–Trinajstić information content (AvgIpc) is 3.24. The molecule has 1 saturated heterocycles. The van der Waals surface area contributed by atoms with Crippen LogP contribution in [0.1, 0.15) is 21.6 Å². The smallest absolute Gasteiger partial charge is 0.473 e. The van der Waals surface area contributed by atoms with Crippen molar-refractivity contribution in [1.82, 2.24) is 19.9 Å². The number of ether oxygens (including phenoxy) is 2. The third-order valence-corrected chi connectivity index (χ3v) is 4.54. The monoisotopic (exact) mass is 483 g/mol. The number of carbonyl (C=O) groups excluding carboxylic acids is 3. The van der Waals surface area contributed by atoms with Gasteiger partial charge >= 0.3 is 18.2 Å². The van der Waals surface area contributed by atoms with Crippen molar-refractivity contribution >= 4 is 18.0 Å². The number of halogens is 3. The lowest BCUT2D eigenvalue weighted by atomic mass is 10.1. The van der Waals surface area contributed by atoms with E-state index in [-0.39, 0.29) is 49.4 Å².